The van der Waals surface area contributed by atoms with Gasteiger partial charge in [-0.3, -0.25) is 0 Å². The highest BCUT2D eigenvalue weighted by molar-refractivity contribution is 9.11. The Bertz CT molecular complexity index is 298. The third-order valence-electron chi connectivity index (χ3n) is 2.50. The number of anilines is 1. The highest BCUT2D eigenvalue weighted by Gasteiger charge is 2.17. The lowest BCUT2D eigenvalue weighted by Crippen LogP contribution is -2.44. The lowest BCUT2D eigenvalue weighted by Gasteiger charge is -2.32. The van der Waals surface area contributed by atoms with Crippen molar-refractivity contribution in [2.45, 2.75) is 6.92 Å². The molecule has 2 heterocycles. The molecule has 0 aliphatic carbocycles. The van der Waals surface area contributed by atoms with Gasteiger partial charge in [-0.15, -0.1) is 0 Å². The summed E-state index contributed by atoms with van der Waals surface area (Å²) in [4.78, 5) is 9.25. The van der Waals surface area contributed by atoms with Gasteiger partial charge in [0.2, 0.25) is 0 Å². The topological polar surface area (TPSA) is 19.4 Å². The molecular weight excluding hydrogens is 262 g/mol. The van der Waals surface area contributed by atoms with Gasteiger partial charge in [0, 0.05) is 26.2 Å². The molecule has 1 aliphatic heterocycles. The first-order valence-corrected chi connectivity index (χ1v) is 6.34. The maximum atomic E-state index is 4.54. The minimum atomic E-state index is 1.09. The summed E-state index contributed by atoms with van der Waals surface area (Å²) in [6.07, 6.45) is 0. The molecule has 3 nitrogen and oxygen atoms in total. The second-order valence-corrected chi connectivity index (χ2v) is 5.94. The predicted molar refractivity (Wildman–Crippen MR) is 64.3 cm³/mol. The Morgan fingerprint density at radius 1 is 1.29 bits per heavy atom. The Morgan fingerprint density at radius 2 is 1.93 bits per heavy atom. The van der Waals surface area contributed by atoms with Crippen LogP contribution in [0.3, 0.4) is 0 Å². The smallest absolute Gasteiger partial charge is 0.186 e. The second kappa shape index (κ2) is 4.16. The molecule has 1 fully saturated rings. The highest BCUT2D eigenvalue weighted by atomic mass is 79.9. The molecule has 0 N–H and O–H groups in total. The van der Waals surface area contributed by atoms with E-state index in [1.807, 2.05) is 6.92 Å². The molecule has 0 atom stereocenters. The van der Waals surface area contributed by atoms with E-state index in [9.17, 15) is 0 Å². The van der Waals surface area contributed by atoms with E-state index in [-0.39, 0.29) is 0 Å². The van der Waals surface area contributed by atoms with Crippen LogP contribution < -0.4 is 4.90 Å². The van der Waals surface area contributed by atoms with E-state index in [1.54, 1.807) is 11.3 Å². The zero-order valence-electron chi connectivity index (χ0n) is 8.46. The molecule has 1 saturated heterocycles. The zero-order valence-corrected chi connectivity index (χ0v) is 10.9. The second-order valence-electron chi connectivity index (χ2n) is 3.65. The largest absolute Gasteiger partial charge is 0.345 e. The minimum Gasteiger partial charge on any atom is -0.345 e. The summed E-state index contributed by atoms with van der Waals surface area (Å²) in [6.45, 7) is 6.50. The normalized spacial score (nSPS) is 18.9. The molecular formula is C9H14BrN3S. The number of hydrogen-bond donors (Lipinski definition) is 0. The van der Waals surface area contributed by atoms with Crippen LogP contribution in [0.15, 0.2) is 3.79 Å². The molecule has 2 rings (SSSR count). The standard InChI is InChI=1S/C9H14BrN3S/c1-7-8(10)14-9(11-7)13-5-3-12(2)4-6-13/h3-6H2,1-2H3. The van der Waals surface area contributed by atoms with Crippen LogP contribution in [-0.4, -0.2) is 43.1 Å². The van der Waals surface area contributed by atoms with Crippen LogP contribution in [0.25, 0.3) is 0 Å². The van der Waals surface area contributed by atoms with Gasteiger partial charge in [-0.05, 0) is 29.9 Å². The van der Waals surface area contributed by atoms with Crippen LogP contribution in [0.1, 0.15) is 5.69 Å². The first-order chi connectivity index (χ1) is 6.66. The van der Waals surface area contributed by atoms with Crippen molar-refractivity contribution in [1.29, 1.82) is 0 Å². The van der Waals surface area contributed by atoms with Crippen LogP contribution >= 0.6 is 27.3 Å². The summed E-state index contributed by atoms with van der Waals surface area (Å²) >= 11 is 5.25. The van der Waals surface area contributed by atoms with Crippen LogP contribution in [0, 0.1) is 6.92 Å². The van der Waals surface area contributed by atoms with Crippen LogP contribution in [0.2, 0.25) is 0 Å². The molecule has 0 spiro atoms. The van der Waals surface area contributed by atoms with Crippen LogP contribution in [0.4, 0.5) is 5.13 Å². The fourth-order valence-electron chi connectivity index (χ4n) is 1.50. The van der Waals surface area contributed by atoms with Crippen LogP contribution in [-0.2, 0) is 0 Å². The number of aryl methyl sites for hydroxylation is 1. The van der Waals surface area contributed by atoms with Crippen molar-refractivity contribution in [2.24, 2.45) is 0 Å². The van der Waals surface area contributed by atoms with Crippen molar-refractivity contribution in [3.05, 3.63) is 9.48 Å². The van der Waals surface area contributed by atoms with E-state index in [2.05, 4.69) is 37.8 Å². The third kappa shape index (κ3) is 2.10. The molecule has 1 aromatic rings. The Balaban J connectivity index is 2.08. The third-order valence-corrected chi connectivity index (χ3v) is 4.57. The quantitative estimate of drug-likeness (QED) is 0.781. The maximum Gasteiger partial charge on any atom is 0.186 e. The van der Waals surface area contributed by atoms with Gasteiger partial charge in [0.1, 0.15) is 0 Å². The predicted octanol–water partition coefficient (Wildman–Crippen LogP) is 1.97. The van der Waals surface area contributed by atoms with Crippen molar-refractivity contribution in [3.8, 4) is 0 Å². The number of rotatable bonds is 1. The Labute approximate surface area is 96.9 Å². The van der Waals surface area contributed by atoms with Gasteiger partial charge >= 0.3 is 0 Å². The fourth-order valence-corrected chi connectivity index (χ4v) is 2.87. The van der Waals surface area contributed by atoms with Crippen molar-refractivity contribution in [2.75, 3.05) is 38.1 Å². The molecule has 0 amide bonds. The maximum absolute atomic E-state index is 4.54. The lowest BCUT2D eigenvalue weighted by atomic mass is 10.3. The zero-order chi connectivity index (χ0) is 10.1. The first-order valence-electron chi connectivity index (χ1n) is 4.73. The molecule has 0 aromatic carbocycles. The van der Waals surface area contributed by atoms with E-state index in [0.29, 0.717) is 0 Å². The molecule has 78 valence electrons. The van der Waals surface area contributed by atoms with E-state index in [0.717, 1.165) is 40.8 Å². The van der Waals surface area contributed by atoms with Gasteiger partial charge < -0.3 is 9.80 Å². The molecule has 5 heteroatoms. The van der Waals surface area contributed by atoms with Crippen molar-refractivity contribution < 1.29 is 0 Å². The Morgan fingerprint density at radius 3 is 2.43 bits per heavy atom. The van der Waals surface area contributed by atoms with Crippen LogP contribution in [0.5, 0.6) is 0 Å². The monoisotopic (exact) mass is 275 g/mol. The minimum absolute atomic E-state index is 1.09. The molecule has 14 heavy (non-hydrogen) atoms. The van der Waals surface area contributed by atoms with Gasteiger partial charge in [0.05, 0.1) is 9.48 Å². The number of halogens is 1. The summed E-state index contributed by atoms with van der Waals surface area (Å²) in [6, 6.07) is 0. The number of nitrogens with zero attached hydrogens (tertiary/aromatic N) is 3. The molecule has 0 saturated carbocycles. The summed E-state index contributed by atoms with van der Waals surface area (Å²) in [5.41, 5.74) is 1.10. The summed E-state index contributed by atoms with van der Waals surface area (Å²) in [7, 11) is 2.17. The van der Waals surface area contributed by atoms with Gasteiger partial charge in [-0.1, -0.05) is 11.3 Å². The van der Waals surface area contributed by atoms with E-state index in [4.69, 9.17) is 0 Å². The number of thiazole rings is 1. The van der Waals surface area contributed by atoms with E-state index >= 15 is 0 Å². The first kappa shape index (κ1) is 10.4. The fraction of sp³-hybridized carbons (Fsp3) is 0.667. The van der Waals surface area contributed by atoms with E-state index in [1.165, 1.54) is 0 Å². The SMILES string of the molecule is Cc1nc(N2CCN(C)CC2)sc1Br. The highest BCUT2D eigenvalue weighted by Crippen LogP contribution is 2.30. The Kier molecular flexibility index (Phi) is 3.09. The number of likely N-dealkylation sites (N-methyl/N-ethyl adjacent to an activating group) is 1. The molecule has 1 aromatic heterocycles. The molecule has 0 radical (unpaired) electrons. The molecule has 0 unspecified atom stereocenters. The van der Waals surface area contributed by atoms with Gasteiger partial charge in [-0.2, -0.15) is 0 Å². The summed E-state index contributed by atoms with van der Waals surface area (Å²) in [5, 5.41) is 1.16. The van der Waals surface area contributed by atoms with E-state index < -0.39 is 0 Å². The van der Waals surface area contributed by atoms with Crippen molar-refractivity contribution in [1.82, 2.24) is 9.88 Å². The summed E-state index contributed by atoms with van der Waals surface area (Å²) < 4.78 is 1.16. The lowest BCUT2D eigenvalue weighted by molar-refractivity contribution is 0.312. The summed E-state index contributed by atoms with van der Waals surface area (Å²) in [5.74, 6) is 0. The number of aromatic nitrogens is 1. The average Bonchev–Trinajstić information content (AvgIpc) is 2.48. The van der Waals surface area contributed by atoms with Gasteiger partial charge in [-0.25, -0.2) is 4.98 Å². The van der Waals surface area contributed by atoms with Crippen molar-refractivity contribution in [3.63, 3.8) is 0 Å². The number of piperazine rings is 1. The molecule has 1 aliphatic rings. The van der Waals surface area contributed by atoms with Gasteiger partial charge in [0.25, 0.3) is 0 Å². The Hall–Kier alpha value is -0.130. The van der Waals surface area contributed by atoms with Crippen molar-refractivity contribution >= 4 is 32.4 Å². The van der Waals surface area contributed by atoms with Gasteiger partial charge in [0.15, 0.2) is 5.13 Å². The average molecular weight is 276 g/mol. The molecule has 0 bridgehead atoms. The number of hydrogen-bond acceptors (Lipinski definition) is 4.